The van der Waals surface area contributed by atoms with Crippen LogP contribution in [0.1, 0.15) is 53.2 Å². The van der Waals surface area contributed by atoms with Crippen LogP contribution >= 0.6 is 34.8 Å². The van der Waals surface area contributed by atoms with Gasteiger partial charge in [-0.2, -0.15) is 13.2 Å². The van der Waals surface area contributed by atoms with Crippen molar-refractivity contribution in [3.05, 3.63) is 73.7 Å². The molecule has 37 heavy (non-hydrogen) atoms. The number of carbonyl (C=O) groups is 1. The number of hydrogen-bond donors (Lipinski definition) is 0. The minimum absolute atomic E-state index is 0.00475. The van der Waals surface area contributed by atoms with Crippen molar-refractivity contribution in [3.8, 4) is 0 Å². The van der Waals surface area contributed by atoms with Gasteiger partial charge in [0, 0.05) is 35.5 Å². The molecule has 0 spiro atoms. The van der Waals surface area contributed by atoms with Gasteiger partial charge in [-0.1, -0.05) is 66.0 Å². The Morgan fingerprint density at radius 1 is 1.05 bits per heavy atom. The van der Waals surface area contributed by atoms with Crippen LogP contribution in [0, 0.1) is 5.92 Å². The number of ketones is 1. The Bertz CT molecular complexity index is 1150. The molecule has 12 heteroatoms. The summed E-state index contributed by atoms with van der Waals surface area (Å²) in [5.74, 6) is -6.52. The van der Waals surface area contributed by atoms with E-state index >= 15 is 0 Å². The molecule has 0 aromatic heterocycles. The van der Waals surface area contributed by atoms with E-state index in [1.807, 2.05) is 0 Å². The minimum Gasteiger partial charge on any atom is -0.294 e. The monoisotopic (exact) mass is 606 g/mol. The van der Waals surface area contributed by atoms with E-state index < -0.39 is 58.3 Å². The van der Waals surface area contributed by atoms with Gasteiger partial charge >= 0.3 is 6.18 Å². The summed E-state index contributed by atoms with van der Waals surface area (Å²) in [6.45, 7) is 1.38. The van der Waals surface area contributed by atoms with Gasteiger partial charge in [0.15, 0.2) is 5.78 Å². The van der Waals surface area contributed by atoms with E-state index in [9.17, 15) is 35.3 Å². The second-order valence-corrected chi connectivity index (χ2v) is 11.4. The molecule has 0 amide bonds. The Balaban J connectivity index is 2.39. The van der Waals surface area contributed by atoms with E-state index in [0.717, 1.165) is 18.2 Å². The third kappa shape index (κ3) is 9.01. The lowest BCUT2D eigenvalue weighted by atomic mass is 9.91. The van der Waals surface area contributed by atoms with E-state index in [0.29, 0.717) is 13.0 Å². The molecule has 0 saturated heterocycles. The molecule has 0 radical (unpaired) electrons. The predicted molar refractivity (Wildman–Crippen MR) is 137 cm³/mol. The zero-order chi connectivity index (χ0) is 28.1. The fraction of sp³-hybridized carbons (Fsp3) is 0.400. The standard InChI is InChI=1S/C25H23Cl3F6O2S/c1-14(13-37(36)8-7-29)9-22(35)17-5-3-15(10-19(17)25(32,33)34)4-6-18(24(2,30)31)16-11-20(26)23(28)21(27)12-16/h3-6,10-12,14,18H,7-9,13H2,1-2H3/b6-4+/t14-,18?,37?/m0/s1. The molecule has 0 heterocycles. The highest BCUT2D eigenvalue weighted by molar-refractivity contribution is 7.85. The van der Waals surface area contributed by atoms with Crippen molar-refractivity contribution in [2.45, 2.75) is 38.3 Å². The number of halogens is 9. The first-order chi connectivity index (χ1) is 17.0. The summed E-state index contributed by atoms with van der Waals surface area (Å²) in [5.41, 5.74) is -1.89. The van der Waals surface area contributed by atoms with Gasteiger partial charge in [0.05, 0.1) is 32.3 Å². The zero-order valence-electron chi connectivity index (χ0n) is 19.7. The molecule has 3 atom stereocenters. The van der Waals surface area contributed by atoms with Crippen LogP contribution in [0.25, 0.3) is 6.08 Å². The lowest BCUT2D eigenvalue weighted by Crippen LogP contribution is -2.20. The van der Waals surface area contributed by atoms with Crippen LogP contribution in [0.2, 0.25) is 15.1 Å². The maximum Gasteiger partial charge on any atom is 0.417 e. The second-order valence-electron chi connectivity index (χ2n) is 8.63. The fourth-order valence-corrected chi connectivity index (χ4v) is 5.35. The van der Waals surface area contributed by atoms with Crippen LogP contribution < -0.4 is 0 Å². The number of alkyl halides is 6. The lowest BCUT2D eigenvalue weighted by Gasteiger charge is -2.22. The summed E-state index contributed by atoms with van der Waals surface area (Å²) in [6.07, 6.45) is -3.11. The predicted octanol–water partition coefficient (Wildman–Crippen LogP) is 9.04. The molecule has 0 N–H and O–H groups in total. The first-order valence-electron chi connectivity index (χ1n) is 10.9. The maximum absolute atomic E-state index is 14.4. The molecule has 2 unspecified atom stereocenters. The first kappa shape index (κ1) is 31.7. The van der Waals surface area contributed by atoms with Crippen molar-refractivity contribution < 1.29 is 35.3 Å². The first-order valence-corrected chi connectivity index (χ1v) is 13.5. The number of rotatable bonds is 11. The van der Waals surface area contributed by atoms with Gasteiger partial charge in [-0.05, 0) is 35.2 Å². The van der Waals surface area contributed by atoms with Crippen LogP contribution in [-0.4, -0.2) is 34.1 Å². The van der Waals surface area contributed by atoms with Gasteiger partial charge in [-0.3, -0.25) is 13.4 Å². The largest absolute Gasteiger partial charge is 0.417 e. The number of hydrogen-bond acceptors (Lipinski definition) is 2. The average molecular weight is 608 g/mol. The van der Waals surface area contributed by atoms with Crippen LogP contribution in [-0.2, 0) is 17.0 Å². The van der Waals surface area contributed by atoms with Crippen LogP contribution in [0.15, 0.2) is 36.4 Å². The Kier molecular flexibility index (Phi) is 11.1. The quantitative estimate of drug-likeness (QED) is 0.145. The summed E-state index contributed by atoms with van der Waals surface area (Å²) >= 11 is 17.8. The summed E-state index contributed by atoms with van der Waals surface area (Å²) in [6, 6.07) is 5.28. The Hall–Kier alpha value is -1.55. The number of allylic oxidation sites excluding steroid dienone is 1. The highest BCUT2D eigenvalue weighted by atomic mass is 35.5. The lowest BCUT2D eigenvalue weighted by molar-refractivity contribution is -0.137. The highest BCUT2D eigenvalue weighted by Gasteiger charge is 2.36. The molecule has 0 fully saturated rings. The van der Waals surface area contributed by atoms with Crippen molar-refractivity contribution in [3.63, 3.8) is 0 Å². The van der Waals surface area contributed by atoms with Crippen molar-refractivity contribution in [1.29, 1.82) is 0 Å². The van der Waals surface area contributed by atoms with E-state index in [4.69, 9.17) is 34.8 Å². The summed E-state index contributed by atoms with van der Waals surface area (Å²) in [7, 11) is -1.53. The van der Waals surface area contributed by atoms with E-state index in [1.165, 1.54) is 18.2 Å². The highest BCUT2D eigenvalue weighted by Crippen LogP contribution is 2.40. The molecule has 0 aliphatic heterocycles. The molecule has 0 aliphatic rings. The van der Waals surface area contributed by atoms with Crippen molar-refractivity contribution in [2.75, 3.05) is 18.2 Å². The minimum atomic E-state index is -4.90. The zero-order valence-corrected chi connectivity index (χ0v) is 22.7. The molecule has 0 aliphatic carbocycles. The van der Waals surface area contributed by atoms with Gasteiger partial charge in [-0.25, -0.2) is 8.78 Å². The van der Waals surface area contributed by atoms with E-state index in [-0.39, 0.29) is 44.1 Å². The maximum atomic E-state index is 14.4. The van der Waals surface area contributed by atoms with Crippen LogP contribution in [0.3, 0.4) is 0 Å². The average Bonchev–Trinajstić information content (AvgIpc) is 2.75. The molecule has 0 saturated carbocycles. The summed E-state index contributed by atoms with van der Waals surface area (Å²) in [5, 5.41) is -0.138. The summed E-state index contributed by atoms with van der Waals surface area (Å²) < 4.78 is 94.2. The molecular formula is C25H23Cl3F6O2S. The Morgan fingerprint density at radius 2 is 1.65 bits per heavy atom. The molecule has 0 bridgehead atoms. The third-order valence-electron chi connectivity index (χ3n) is 5.35. The van der Waals surface area contributed by atoms with E-state index in [2.05, 4.69) is 0 Å². The van der Waals surface area contributed by atoms with Gasteiger partial charge in [0.2, 0.25) is 0 Å². The van der Waals surface area contributed by atoms with Gasteiger partial charge < -0.3 is 0 Å². The molecule has 204 valence electrons. The molecule has 2 aromatic rings. The SMILES string of the molecule is C[C@@H](CC(=O)c1ccc(/C=C/C(c2cc(Cl)c(Cl)c(Cl)c2)C(C)(F)F)cc1C(F)(F)F)CS(=O)CCF. The smallest absolute Gasteiger partial charge is 0.294 e. The number of carbonyl (C=O) groups excluding carboxylic acids is 1. The number of benzene rings is 2. The van der Waals surface area contributed by atoms with Gasteiger partial charge in [0.25, 0.3) is 5.92 Å². The van der Waals surface area contributed by atoms with Crippen LogP contribution in [0.5, 0.6) is 0 Å². The van der Waals surface area contributed by atoms with Crippen LogP contribution in [0.4, 0.5) is 26.3 Å². The van der Waals surface area contributed by atoms with Gasteiger partial charge in [0.1, 0.15) is 6.67 Å². The van der Waals surface area contributed by atoms with Crippen molar-refractivity contribution in [2.24, 2.45) is 5.92 Å². The fourth-order valence-electron chi connectivity index (χ4n) is 3.65. The number of Topliss-reactive ketones (excluding diaryl/α,β-unsaturated/α-hetero) is 1. The van der Waals surface area contributed by atoms with Gasteiger partial charge in [-0.15, -0.1) is 0 Å². The molecule has 2 aromatic carbocycles. The molecular weight excluding hydrogens is 585 g/mol. The second kappa shape index (κ2) is 13.0. The van der Waals surface area contributed by atoms with Crippen molar-refractivity contribution in [1.82, 2.24) is 0 Å². The summed E-state index contributed by atoms with van der Waals surface area (Å²) in [4.78, 5) is 12.6. The normalized spacial score (nSPS) is 15.1. The Morgan fingerprint density at radius 3 is 2.16 bits per heavy atom. The Labute approximate surface area is 228 Å². The van der Waals surface area contributed by atoms with Crippen molar-refractivity contribution >= 4 is 57.5 Å². The van der Waals surface area contributed by atoms with E-state index in [1.54, 1.807) is 6.92 Å². The molecule has 2 rings (SSSR count). The third-order valence-corrected chi connectivity index (χ3v) is 8.10. The molecule has 2 nitrogen and oxygen atoms in total. The topological polar surface area (TPSA) is 34.1 Å².